The third-order valence-electron chi connectivity index (χ3n) is 5.63. The van der Waals surface area contributed by atoms with Gasteiger partial charge in [-0.1, -0.05) is 12.1 Å². The van der Waals surface area contributed by atoms with Gasteiger partial charge in [-0.05, 0) is 64.4 Å². The summed E-state index contributed by atoms with van der Waals surface area (Å²) in [5.74, 6) is 0.272. The van der Waals surface area contributed by atoms with Crippen LogP contribution in [0.2, 0.25) is 0 Å². The number of aromatic hydroxyl groups is 1. The standard InChI is InChI=1S/C20H24IN3O2/c21-16-3-1-2-13-10-20(26)18(12-15(13)16)24-8-6-23(7-9-24)17-11-14(22)4-5-19(17)25/h1-5,11,18,20,25-26H,6-10,12,22H2. The fourth-order valence-electron chi connectivity index (χ4n) is 4.19. The van der Waals surface area contributed by atoms with E-state index in [0.29, 0.717) is 5.69 Å². The molecule has 2 aromatic carbocycles. The molecule has 1 saturated heterocycles. The third kappa shape index (κ3) is 3.37. The molecule has 6 heteroatoms. The Bertz CT molecular complexity index is 806. The Morgan fingerprint density at radius 2 is 1.81 bits per heavy atom. The number of rotatable bonds is 2. The normalized spacial score (nSPS) is 23.7. The first-order chi connectivity index (χ1) is 12.5. The van der Waals surface area contributed by atoms with Gasteiger partial charge < -0.3 is 20.8 Å². The second kappa shape index (κ2) is 7.25. The maximum atomic E-state index is 10.7. The molecule has 0 bridgehead atoms. The summed E-state index contributed by atoms with van der Waals surface area (Å²) in [5, 5.41) is 20.8. The van der Waals surface area contributed by atoms with Crippen molar-refractivity contribution >= 4 is 34.0 Å². The highest BCUT2D eigenvalue weighted by Crippen LogP contribution is 2.32. The minimum Gasteiger partial charge on any atom is -0.506 e. The molecule has 2 aromatic rings. The summed E-state index contributed by atoms with van der Waals surface area (Å²) in [5.41, 5.74) is 10.0. The first-order valence-electron chi connectivity index (χ1n) is 9.05. The van der Waals surface area contributed by atoms with Crippen LogP contribution in [0.5, 0.6) is 5.75 Å². The van der Waals surface area contributed by atoms with E-state index in [2.05, 4.69) is 50.6 Å². The molecule has 0 saturated carbocycles. The summed E-state index contributed by atoms with van der Waals surface area (Å²) in [6.07, 6.45) is 1.31. The highest BCUT2D eigenvalue weighted by atomic mass is 127. The van der Waals surface area contributed by atoms with E-state index in [0.717, 1.165) is 44.7 Å². The molecule has 1 heterocycles. The molecular formula is C20H24IN3O2. The Kier molecular flexibility index (Phi) is 4.98. The lowest BCUT2D eigenvalue weighted by Crippen LogP contribution is -2.56. The van der Waals surface area contributed by atoms with Crippen LogP contribution in [-0.4, -0.2) is 53.4 Å². The fraction of sp³-hybridized carbons (Fsp3) is 0.400. The molecule has 5 nitrogen and oxygen atoms in total. The number of fused-ring (bicyclic) bond motifs is 1. The van der Waals surface area contributed by atoms with Crippen LogP contribution in [0.1, 0.15) is 11.1 Å². The van der Waals surface area contributed by atoms with Crippen molar-refractivity contribution in [2.24, 2.45) is 0 Å². The van der Waals surface area contributed by atoms with Gasteiger partial charge in [0.25, 0.3) is 0 Å². The number of phenolic OH excluding ortho intramolecular Hbond substituents is 1. The lowest BCUT2D eigenvalue weighted by Gasteiger charge is -2.44. The maximum Gasteiger partial charge on any atom is 0.139 e. The van der Waals surface area contributed by atoms with Crippen LogP contribution >= 0.6 is 22.6 Å². The summed E-state index contributed by atoms with van der Waals surface area (Å²) >= 11 is 2.40. The van der Waals surface area contributed by atoms with Crippen LogP contribution in [0.15, 0.2) is 36.4 Å². The molecule has 2 aliphatic rings. The number of benzene rings is 2. The molecule has 0 amide bonds. The first-order valence-corrected chi connectivity index (χ1v) is 10.1. The molecule has 1 aliphatic heterocycles. The van der Waals surface area contributed by atoms with Crippen LogP contribution in [0.25, 0.3) is 0 Å². The number of nitrogens with two attached hydrogens (primary N) is 1. The van der Waals surface area contributed by atoms with Crippen molar-refractivity contribution in [2.45, 2.75) is 25.0 Å². The van der Waals surface area contributed by atoms with Crippen LogP contribution in [0.4, 0.5) is 11.4 Å². The van der Waals surface area contributed by atoms with Crippen molar-refractivity contribution in [2.75, 3.05) is 36.8 Å². The van der Waals surface area contributed by atoms with Crippen molar-refractivity contribution in [3.05, 3.63) is 51.1 Å². The van der Waals surface area contributed by atoms with E-state index < -0.39 is 0 Å². The Balaban J connectivity index is 1.46. The molecule has 4 N–H and O–H groups in total. The minimum absolute atomic E-state index is 0.162. The molecule has 2 atom stereocenters. The third-order valence-corrected chi connectivity index (χ3v) is 6.64. The van der Waals surface area contributed by atoms with Gasteiger partial charge in [-0.25, -0.2) is 0 Å². The van der Waals surface area contributed by atoms with Gasteiger partial charge in [-0.15, -0.1) is 0 Å². The number of piperazine rings is 1. The summed E-state index contributed by atoms with van der Waals surface area (Å²) in [6, 6.07) is 11.7. The van der Waals surface area contributed by atoms with E-state index in [4.69, 9.17) is 5.73 Å². The molecule has 26 heavy (non-hydrogen) atoms. The van der Waals surface area contributed by atoms with E-state index >= 15 is 0 Å². The van der Waals surface area contributed by atoms with Crippen LogP contribution in [-0.2, 0) is 12.8 Å². The largest absolute Gasteiger partial charge is 0.506 e. The fourth-order valence-corrected chi connectivity index (χ4v) is 4.96. The van der Waals surface area contributed by atoms with E-state index in [1.54, 1.807) is 12.1 Å². The van der Waals surface area contributed by atoms with Crippen LogP contribution < -0.4 is 10.6 Å². The highest BCUT2D eigenvalue weighted by Gasteiger charge is 2.34. The molecule has 138 valence electrons. The van der Waals surface area contributed by atoms with Gasteiger partial charge in [0.15, 0.2) is 0 Å². The SMILES string of the molecule is Nc1ccc(O)c(N2CCN(C3Cc4c(I)cccc4CC3O)CC2)c1. The number of aliphatic hydroxyl groups is 1. The summed E-state index contributed by atoms with van der Waals surface area (Å²) in [4.78, 5) is 4.58. The second-order valence-corrected chi connectivity index (χ2v) is 8.35. The number of hydrogen-bond donors (Lipinski definition) is 3. The average molecular weight is 465 g/mol. The Labute approximate surface area is 167 Å². The monoisotopic (exact) mass is 465 g/mol. The maximum absolute atomic E-state index is 10.7. The van der Waals surface area contributed by atoms with Crippen LogP contribution in [0.3, 0.4) is 0 Å². The number of halogens is 1. The zero-order valence-electron chi connectivity index (χ0n) is 14.6. The van der Waals surface area contributed by atoms with Crippen molar-refractivity contribution in [3.8, 4) is 5.75 Å². The Hall–Kier alpha value is -1.51. The minimum atomic E-state index is -0.326. The Morgan fingerprint density at radius 1 is 1.04 bits per heavy atom. The summed E-state index contributed by atoms with van der Waals surface area (Å²) < 4.78 is 1.29. The number of nitrogen functional groups attached to an aromatic ring is 1. The molecule has 2 unspecified atom stereocenters. The van der Waals surface area contributed by atoms with Gasteiger partial charge in [0, 0.05) is 47.9 Å². The van der Waals surface area contributed by atoms with Gasteiger partial charge >= 0.3 is 0 Å². The van der Waals surface area contributed by atoms with E-state index in [-0.39, 0.29) is 17.9 Å². The van der Waals surface area contributed by atoms with E-state index in [1.807, 2.05) is 6.07 Å². The molecule has 1 aliphatic carbocycles. The zero-order valence-corrected chi connectivity index (χ0v) is 16.8. The van der Waals surface area contributed by atoms with Gasteiger partial charge in [0.1, 0.15) is 5.75 Å². The molecule has 4 rings (SSSR count). The second-order valence-electron chi connectivity index (χ2n) is 7.19. The molecular weight excluding hydrogens is 441 g/mol. The van der Waals surface area contributed by atoms with Crippen molar-refractivity contribution in [1.82, 2.24) is 4.90 Å². The topological polar surface area (TPSA) is 73.0 Å². The van der Waals surface area contributed by atoms with Gasteiger partial charge in [-0.2, -0.15) is 0 Å². The molecule has 0 aromatic heterocycles. The molecule has 1 fully saturated rings. The summed E-state index contributed by atoms with van der Waals surface area (Å²) in [6.45, 7) is 3.38. The molecule has 0 spiro atoms. The number of phenols is 1. The number of anilines is 2. The predicted octanol–water partition coefficient (Wildman–Crippen LogP) is 2.23. The van der Waals surface area contributed by atoms with E-state index in [1.165, 1.54) is 14.7 Å². The van der Waals surface area contributed by atoms with Gasteiger partial charge in [0.05, 0.1) is 11.8 Å². The first kappa shape index (κ1) is 17.9. The van der Waals surface area contributed by atoms with Crippen LogP contribution in [0, 0.1) is 3.57 Å². The smallest absolute Gasteiger partial charge is 0.139 e. The van der Waals surface area contributed by atoms with E-state index in [9.17, 15) is 10.2 Å². The molecule has 0 radical (unpaired) electrons. The quantitative estimate of drug-likeness (QED) is 0.361. The van der Waals surface area contributed by atoms with Crippen molar-refractivity contribution < 1.29 is 10.2 Å². The Morgan fingerprint density at radius 3 is 2.58 bits per heavy atom. The number of hydrogen-bond acceptors (Lipinski definition) is 5. The average Bonchev–Trinajstić information content (AvgIpc) is 2.64. The number of nitrogens with zero attached hydrogens (tertiary/aromatic N) is 2. The lowest BCUT2D eigenvalue weighted by atomic mass is 9.85. The number of aliphatic hydroxyl groups excluding tert-OH is 1. The van der Waals surface area contributed by atoms with Gasteiger partial charge in [0.2, 0.25) is 0 Å². The zero-order chi connectivity index (χ0) is 18.3. The summed E-state index contributed by atoms with van der Waals surface area (Å²) in [7, 11) is 0. The van der Waals surface area contributed by atoms with Gasteiger partial charge in [-0.3, -0.25) is 4.90 Å². The van der Waals surface area contributed by atoms with Crippen molar-refractivity contribution in [3.63, 3.8) is 0 Å². The highest BCUT2D eigenvalue weighted by molar-refractivity contribution is 14.1. The van der Waals surface area contributed by atoms with Crippen molar-refractivity contribution in [1.29, 1.82) is 0 Å². The predicted molar refractivity (Wildman–Crippen MR) is 113 cm³/mol. The lowest BCUT2D eigenvalue weighted by molar-refractivity contribution is 0.0393.